The number of aliphatic hydroxyl groups is 3. The smallest absolute Gasteiger partial charge is 0.185 e. The summed E-state index contributed by atoms with van der Waals surface area (Å²) in [6, 6.07) is 0. The standard InChI is InChI=1S/C6H12O5/c1-10-6-5(9)4(8)3(7)2-11-6/h3-9H,2H2,1H3/t3-,4+,5+,6?/m0/s1. The first-order valence-electron chi connectivity index (χ1n) is 3.35. The van der Waals surface area contributed by atoms with Crippen molar-refractivity contribution in [1.29, 1.82) is 0 Å². The predicted molar refractivity (Wildman–Crippen MR) is 34.8 cm³/mol. The van der Waals surface area contributed by atoms with Gasteiger partial charge in [0, 0.05) is 7.11 Å². The monoisotopic (exact) mass is 164 g/mol. The molecule has 0 aliphatic carbocycles. The van der Waals surface area contributed by atoms with E-state index < -0.39 is 24.6 Å². The van der Waals surface area contributed by atoms with Crippen LogP contribution in [0.4, 0.5) is 0 Å². The fourth-order valence-electron chi connectivity index (χ4n) is 0.987. The van der Waals surface area contributed by atoms with Crippen molar-refractivity contribution >= 4 is 0 Å². The quantitative estimate of drug-likeness (QED) is 0.420. The lowest BCUT2D eigenvalue weighted by molar-refractivity contribution is -0.261. The van der Waals surface area contributed by atoms with Gasteiger partial charge in [-0.15, -0.1) is 0 Å². The van der Waals surface area contributed by atoms with E-state index in [1.165, 1.54) is 7.11 Å². The van der Waals surface area contributed by atoms with Gasteiger partial charge in [0.25, 0.3) is 0 Å². The SMILES string of the molecule is COC1OC[C@H](O)[C@@H](O)[C@H]1O. The zero-order chi connectivity index (χ0) is 8.43. The first-order chi connectivity index (χ1) is 5.16. The highest BCUT2D eigenvalue weighted by atomic mass is 16.7. The molecule has 5 nitrogen and oxygen atoms in total. The third-order valence-electron chi connectivity index (χ3n) is 1.69. The first-order valence-corrected chi connectivity index (χ1v) is 3.35. The fraction of sp³-hybridized carbons (Fsp3) is 1.00. The van der Waals surface area contributed by atoms with Gasteiger partial charge in [-0.2, -0.15) is 0 Å². The van der Waals surface area contributed by atoms with Crippen molar-refractivity contribution in [3.05, 3.63) is 0 Å². The maximum atomic E-state index is 9.15. The Morgan fingerprint density at radius 3 is 2.45 bits per heavy atom. The van der Waals surface area contributed by atoms with Gasteiger partial charge in [0.05, 0.1) is 6.61 Å². The maximum Gasteiger partial charge on any atom is 0.185 e. The van der Waals surface area contributed by atoms with Crippen molar-refractivity contribution in [2.24, 2.45) is 0 Å². The zero-order valence-corrected chi connectivity index (χ0v) is 6.17. The summed E-state index contributed by atoms with van der Waals surface area (Å²) in [6.45, 7) is -0.0171. The molecule has 1 heterocycles. The molecule has 11 heavy (non-hydrogen) atoms. The van der Waals surface area contributed by atoms with Crippen LogP contribution in [0, 0.1) is 0 Å². The molecule has 0 amide bonds. The second-order valence-corrected chi connectivity index (χ2v) is 2.49. The normalized spacial score (nSPS) is 45.8. The van der Waals surface area contributed by atoms with E-state index in [0.29, 0.717) is 0 Å². The Bertz CT molecular complexity index is 126. The van der Waals surface area contributed by atoms with Gasteiger partial charge in [-0.1, -0.05) is 0 Å². The van der Waals surface area contributed by atoms with Crippen LogP contribution in [0.1, 0.15) is 0 Å². The van der Waals surface area contributed by atoms with Crippen LogP contribution >= 0.6 is 0 Å². The van der Waals surface area contributed by atoms with Gasteiger partial charge < -0.3 is 24.8 Å². The van der Waals surface area contributed by atoms with Crippen LogP contribution in [0.15, 0.2) is 0 Å². The van der Waals surface area contributed by atoms with Gasteiger partial charge in [0.15, 0.2) is 6.29 Å². The highest BCUT2D eigenvalue weighted by molar-refractivity contribution is 4.81. The van der Waals surface area contributed by atoms with Crippen molar-refractivity contribution in [3.63, 3.8) is 0 Å². The molecular formula is C6H12O5. The molecule has 0 aromatic rings. The lowest BCUT2D eigenvalue weighted by Gasteiger charge is -2.33. The van der Waals surface area contributed by atoms with E-state index >= 15 is 0 Å². The molecule has 0 radical (unpaired) electrons. The Morgan fingerprint density at radius 1 is 1.27 bits per heavy atom. The lowest BCUT2D eigenvalue weighted by atomic mass is 10.1. The Kier molecular flexibility index (Phi) is 2.80. The fourth-order valence-corrected chi connectivity index (χ4v) is 0.987. The molecular weight excluding hydrogens is 152 g/mol. The molecule has 4 atom stereocenters. The van der Waals surface area contributed by atoms with Gasteiger partial charge in [-0.3, -0.25) is 0 Å². The largest absolute Gasteiger partial charge is 0.388 e. The third-order valence-corrected chi connectivity index (χ3v) is 1.69. The zero-order valence-electron chi connectivity index (χ0n) is 6.17. The van der Waals surface area contributed by atoms with Crippen LogP contribution in [0.3, 0.4) is 0 Å². The number of methoxy groups -OCH3 is 1. The van der Waals surface area contributed by atoms with E-state index in [1.807, 2.05) is 0 Å². The van der Waals surface area contributed by atoms with Gasteiger partial charge in [0.1, 0.15) is 18.3 Å². The highest BCUT2D eigenvalue weighted by Crippen LogP contribution is 2.15. The topological polar surface area (TPSA) is 79.2 Å². The predicted octanol–water partition coefficient (Wildman–Crippen LogP) is -1.93. The van der Waals surface area contributed by atoms with Crippen molar-refractivity contribution in [2.45, 2.75) is 24.6 Å². The molecule has 0 bridgehead atoms. The van der Waals surface area contributed by atoms with E-state index in [9.17, 15) is 0 Å². The second kappa shape index (κ2) is 3.46. The molecule has 1 aliphatic rings. The van der Waals surface area contributed by atoms with Crippen LogP contribution in [-0.2, 0) is 9.47 Å². The van der Waals surface area contributed by atoms with E-state index in [4.69, 9.17) is 20.1 Å². The second-order valence-electron chi connectivity index (χ2n) is 2.49. The average Bonchev–Trinajstić information content (AvgIpc) is 2.01. The van der Waals surface area contributed by atoms with E-state index in [1.54, 1.807) is 0 Å². The van der Waals surface area contributed by atoms with Gasteiger partial charge >= 0.3 is 0 Å². The van der Waals surface area contributed by atoms with E-state index in [2.05, 4.69) is 4.74 Å². The summed E-state index contributed by atoms with van der Waals surface area (Å²) in [7, 11) is 1.36. The molecule has 0 aromatic heterocycles. The molecule has 1 saturated heterocycles. The lowest BCUT2D eigenvalue weighted by Crippen LogP contribution is -2.53. The van der Waals surface area contributed by atoms with Crippen molar-refractivity contribution in [2.75, 3.05) is 13.7 Å². The Balaban J connectivity index is 2.52. The van der Waals surface area contributed by atoms with Gasteiger partial charge in [0.2, 0.25) is 0 Å². The molecule has 1 unspecified atom stereocenters. The average molecular weight is 164 g/mol. The summed E-state index contributed by atoms with van der Waals surface area (Å²) in [5.74, 6) is 0. The van der Waals surface area contributed by atoms with Crippen molar-refractivity contribution in [3.8, 4) is 0 Å². The summed E-state index contributed by atoms with van der Waals surface area (Å²) in [5.41, 5.74) is 0. The van der Waals surface area contributed by atoms with Crippen LogP contribution in [0.5, 0.6) is 0 Å². The summed E-state index contributed by atoms with van der Waals surface area (Å²) >= 11 is 0. The minimum Gasteiger partial charge on any atom is -0.388 e. The molecule has 5 heteroatoms. The molecule has 1 aliphatic heterocycles. The minimum absolute atomic E-state index is 0.0171. The minimum atomic E-state index is -1.19. The van der Waals surface area contributed by atoms with Crippen LogP contribution in [0.2, 0.25) is 0 Å². The number of hydrogen-bond acceptors (Lipinski definition) is 5. The van der Waals surface area contributed by atoms with Gasteiger partial charge in [-0.05, 0) is 0 Å². The number of aliphatic hydroxyl groups excluding tert-OH is 3. The molecule has 66 valence electrons. The molecule has 0 aromatic carbocycles. The van der Waals surface area contributed by atoms with E-state index in [0.717, 1.165) is 0 Å². The summed E-state index contributed by atoms with van der Waals surface area (Å²) in [6.07, 6.45) is -4.23. The highest BCUT2D eigenvalue weighted by Gasteiger charge is 2.37. The number of hydrogen-bond donors (Lipinski definition) is 3. The summed E-state index contributed by atoms with van der Waals surface area (Å²) < 4.78 is 9.52. The molecule has 3 N–H and O–H groups in total. The number of rotatable bonds is 1. The molecule has 0 saturated carbocycles. The molecule has 1 rings (SSSR count). The first kappa shape index (κ1) is 8.89. The summed E-state index contributed by atoms with van der Waals surface area (Å²) in [4.78, 5) is 0. The maximum absolute atomic E-state index is 9.15. The molecule has 0 spiro atoms. The van der Waals surface area contributed by atoms with Crippen LogP contribution in [-0.4, -0.2) is 53.6 Å². The van der Waals surface area contributed by atoms with Crippen LogP contribution in [0.25, 0.3) is 0 Å². The van der Waals surface area contributed by atoms with Crippen molar-refractivity contribution in [1.82, 2.24) is 0 Å². The Hall–Kier alpha value is -0.200. The Morgan fingerprint density at radius 2 is 1.91 bits per heavy atom. The third kappa shape index (κ3) is 1.69. The Labute approximate surface area is 64.2 Å². The number of ether oxygens (including phenoxy) is 2. The van der Waals surface area contributed by atoms with Gasteiger partial charge in [-0.25, -0.2) is 0 Å². The summed E-state index contributed by atoms with van der Waals surface area (Å²) in [5, 5.41) is 27.2. The van der Waals surface area contributed by atoms with Crippen LogP contribution < -0.4 is 0 Å². The molecule has 1 fully saturated rings. The van der Waals surface area contributed by atoms with E-state index in [-0.39, 0.29) is 6.61 Å². The van der Waals surface area contributed by atoms with Crippen molar-refractivity contribution < 1.29 is 24.8 Å².